The van der Waals surface area contributed by atoms with Gasteiger partial charge in [-0.1, -0.05) is 6.92 Å². The number of nitrogens with one attached hydrogen (secondary N) is 1. The number of nitrogens with zero attached hydrogens (tertiary/aromatic N) is 2. The Hall–Kier alpha value is -3.16. The molecule has 5 nitrogen and oxygen atoms in total. The number of ketones is 1. The van der Waals surface area contributed by atoms with Crippen LogP contribution >= 0.6 is 0 Å². The molecule has 1 amide bonds. The number of carbonyl (C=O) groups is 2. The molecule has 27 heavy (non-hydrogen) atoms. The lowest BCUT2D eigenvalue weighted by molar-refractivity contribution is -0.135. The van der Waals surface area contributed by atoms with E-state index in [9.17, 15) is 22.8 Å². The van der Waals surface area contributed by atoms with Crippen LogP contribution in [0.25, 0.3) is 11.0 Å². The molecule has 1 aliphatic rings. The first-order chi connectivity index (χ1) is 12.9. The molecule has 0 bridgehead atoms. The summed E-state index contributed by atoms with van der Waals surface area (Å²) >= 11 is 0. The third-order valence-electron chi connectivity index (χ3n) is 4.89. The molecule has 0 aliphatic carbocycles. The molecule has 8 heteroatoms. The molecule has 1 saturated heterocycles. The number of rotatable bonds is 3. The van der Waals surface area contributed by atoms with Crippen molar-refractivity contribution in [3.05, 3.63) is 59.7 Å². The monoisotopic (exact) mass is 373 g/mol. The Morgan fingerprint density at radius 2 is 1.93 bits per heavy atom. The number of amides is 1. The molecule has 2 aromatic carbocycles. The third-order valence-corrected chi connectivity index (χ3v) is 4.89. The fourth-order valence-electron chi connectivity index (χ4n) is 3.63. The van der Waals surface area contributed by atoms with Gasteiger partial charge in [0.1, 0.15) is 5.82 Å². The lowest BCUT2D eigenvalue weighted by Crippen LogP contribution is -2.30. The van der Waals surface area contributed by atoms with Gasteiger partial charge in [0.25, 0.3) is 5.91 Å². The van der Waals surface area contributed by atoms with E-state index in [-0.39, 0.29) is 12.0 Å². The van der Waals surface area contributed by atoms with Crippen molar-refractivity contribution in [1.29, 1.82) is 0 Å². The zero-order chi connectivity index (χ0) is 19.3. The van der Waals surface area contributed by atoms with Crippen molar-refractivity contribution in [2.45, 2.75) is 19.4 Å². The molecule has 2 heterocycles. The van der Waals surface area contributed by atoms with Crippen LogP contribution in [0.15, 0.2) is 36.7 Å². The van der Waals surface area contributed by atoms with Crippen LogP contribution in [0.3, 0.4) is 0 Å². The van der Waals surface area contributed by atoms with Gasteiger partial charge in [0.05, 0.1) is 29.3 Å². The maximum Gasteiger partial charge on any atom is 0.295 e. The van der Waals surface area contributed by atoms with Crippen molar-refractivity contribution >= 4 is 28.4 Å². The van der Waals surface area contributed by atoms with Crippen LogP contribution in [0.4, 0.5) is 18.9 Å². The summed E-state index contributed by atoms with van der Waals surface area (Å²) in [6, 6.07) is 4.91. The Kier molecular flexibility index (Phi) is 3.98. The minimum absolute atomic E-state index is 0.218. The van der Waals surface area contributed by atoms with Crippen molar-refractivity contribution < 1.29 is 22.8 Å². The van der Waals surface area contributed by atoms with E-state index in [0.29, 0.717) is 22.8 Å². The number of anilines is 1. The molecule has 4 rings (SSSR count). The molecule has 2 atom stereocenters. The second-order valence-corrected chi connectivity index (χ2v) is 6.39. The van der Waals surface area contributed by atoms with Gasteiger partial charge in [-0.25, -0.2) is 18.2 Å². The largest absolute Gasteiger partial charge is 0.345 e. The number of carbonyl (C=O) groups excluding carboxylic acids is 2. The van der Waals surface area contributed by atoms with Crippen molar-refractivity contribution in [1.82, 2.24) is 9.97 Å². The summed E-state index contributed by atoms with van der Waals surface area (Å²) < 4.78 is 42.1. The number of halogens is 3. The number of benzene rings is 2. The SMILES string of the molecule is CCC1C(=O)C(=O)N(c2ccc3nc[nH]c3c2)C1c1cc(F)cc(F)c1F. The van der Waals surface area contributed by atoms with E-state index in [1.807, 2.05) is 0 Å². The van der Waals surface area contributed by atoms with E-state index < -0.39 is 41.1 Å². The summed E-state index contributed by atoms with van der Waals surface area (Å²) in [4.78, 5) is 33.2. The van der Waals surface area contributed by atoms with Crippen LogP contribution in [-0.2, 0) is 9.59 Å². The highest BCUT2D eigenvalue weighted by Gasteiger charge is 2.49. The number of Topliss-reactive ketones (excluding diaryl/α,β-unsaturated/α-hetero) is 1. The van der Waals surface area contributed by atoms with Gasteiger partial charge in [0, 0.05) is 17.3 Å². The molecule has 0 radical (unpaired) electrons. The second-order valence-electron chi connectivity index (χ2n) is 6.39. The van der Waals surface area contributed by atoms with Gasteiger partial charge in [-0.15, -0.1) is 0 Å². The number of imidazole rings is 1. The van der Waals surface area contributed by atoms with Crippen LogP contribution < -0.4 is 4.90 Å². The standard InChI is InChI=1S/C19H14F3N3O2/c1-2-11-17(12-5-9(20)6-13(21)16(12)22)25(19(27)18(11)26)10-3-4-14-15(7-10)24-8-23-14/h3-8,11,17H,2H2,1H3,(H,23,24). The van der Waals surface area contributed by atoms with E-state index in [1.165, 1.54) is 6.33 Å². The maximum atomic E-state index is 14.5. The average molecular weight is 373 g/mol. The summed E-state index contributed by atoms with van der Waals surface area (Å²) in [5, 5.41) is 0. The Balaban J connectivity index is 1.92. The zero-order valence-corrected chi connectivity index (χ0v) is 14.2. The summed E-state index contributed by atoms with van der Waals surface area (Å²) in [5.74, 6) is -6.07. The molecule has 0 spiro atoms. The van der Waals surface area contributed by atoms with Crippen molar-refractivity contribution in [2.75, 3.05) is 4.90 Å². The first kappa shape index (κ1) is 17.3. The molecule has 0 saturated carbocycles. The van der Waals surface area contributed by atoms with Gasteiger partial charge in [-0.3, -0.25) is 14.5 Å². The summed E-state index contributed by atoms with van der Waals surface area (Å²) in [5.41, 5.74) is 1.21. The van der Waals surface area contributed by atoms with E-state index >= 15 is 0 Å². The van der Waals surface area contributed by atoms with Crippen LogP contribution in [0.1, 0.15) is 24.9 Å². The third kappa shape index (κ3) is 2.59. The number of hydrogen-bond acceptors (Lipinski definition) is 3. The van der Waals surface area contributed by atoms with Crippen molar-refractivity contribution in [3.63, 3.8) is 0 Å². The molecule has 1 aromatic heterocycles. The molecule has 1 N–H and O–H groups in total. The van der Waals surface area contributed by atoms with Gasteiger partial charge < -0.3 is 4.98 Å². The topological polar surface area (TPSA) is 66.1 Å². The number of H-pyrrole nitrogens is 1. The van der Waals surface area contributed by atoms with Gasteiger partial charge >= 0.3 is 0 Å². The summed E-state index contributed by atoms with van der Waals surface area (Å²) in [6.45, 7) is 1.66. The van der Waals surface area contributed by atoms with E-state index in [1.54, 1.807) is 25.1 Å². The number of aromatic nitrogens is 2. The van der Waals surface area contributed by atoms with Crippen LogP contribution in [0, 0.1) is 23.4 Å². The highest BCUT2D eigenvalue weighted by atomic mass is 19.2. The quantitative estimate of drug-likeness (QED) is 0.563. The van der Waals surface area contributed by atoms with E-state index in [2.05, 4.69) is 9.97 Å². The lowest BCUT2D eigenvalue weighted by Gasteiger charge is -2.27. The molecule has 1 fully saturated rings. The molecular weight excluding hydrogens is 359 g/mol. The number of aromatic amines is 1. The number of fused-ring (bicyclic) bond motifs is 1. The fourth-order valence-corrected chi connectivity index (χ4v) is 3.63. The van der Waals surface area contributed by atoms with Crippen molar-refractivity contribution in [3.8, 4) is 0 Å². The highest BCUT2D eigenvalue weighted by molar-refractivity contribution is 6.45. The van der Waals surface area contributed by atoms with Gasteiger partial charge in [-0.05, 0) is 30.7 Å². The predicted molar refractivity (Wildman–Crippen MR) is 91.4 cm³/mol. The van der Waals surface area contributed by atoms with Crippen LogP contribution in [0.5, 0.6) is 0 Å². The van der Waals surface area contributed by atoms with E-state index in [0.717, 1.165) is 11.0 Å². The minimum Gasteiger partial charge on any atom is -0.345 e. The molecule has 2 unspecified atom stereocenters. The Bertz CT molecular complexity index is 1080. The molecular formula is C19H14F3N3O2. The summed E-state index contributed by atoms with van der Waals surface area (Å²) in [7, 11) is 0. The summed E-state index contributed by atoms with van der Waals surface area (Å²) in [6.07, 6.45) is 1.69. The second kappa shape index (κ2) is 6.22. The first-order valence-corrected chi connectivity index (χ1v) is 8.37. The highest BCUT2D eigenvalue weighted by Crippen LogP contribution is 2.42. The Morgan fingerprint density at radius 1 is 1.15 bits per heavy atom. The first-order valence-electron chi connectivity index (χ1n) is 8.37. The minimum atomic E-state index is -1.37. The smallest absolute Gasteiger partial charge is 0.295 e. The normalized spacial score (nSPS) is 20.1. The Morgan fingerprint density at radius 3 is 2.67 bits per heavy atom. The fraction of sp³-hybridized carbons (Fsp3) is 0.211. The van der Waals surface area contributed by atoms with Gasteiger partial charge in [0.2, 0.25) is 5.78 Å². The van der Waals surface area contributed by atoms with Crippen molar-refractivity contribution in [2.24, 2.45) is 5.92 Å². The molecule has 138 valence electrons. The molecule has 3 aromatic rings. The average Bonchev–Trinajstić information content (AvgIpc) is 3.20. The van der Waals surface area contributed by atoms with Gasteiger partial charge in [0.15, 0.2) is 11.6 Å². The number of hydrogen-bond donors (Lipinski definition) is 1. The van der Waals surface area contributed by atoms with Crippen LogP contribution in [-0.4, -0.2) is 21.7 Å². The van der Waals surface area contributed by atoms with Gasteiger partial charge in [-0.2, -0.15) is 0 Å². The zero-order valence-electron chi connectivity index (χ0n) is 14.2. The van der Waals surface area contributed by atoms with Crippen LogP contribution in [0.2, 0.25) is 0 Å². The Labute approximate surface area is 151 Å². The predicted octanol–water partition coefficient (Wildman–Crippen LogP) is 3.66. The lowest BCUT2D eigenvalue weighted by atomic mass is 9.90. The molecule has 1 aliphatic heterocycles. The van der Waals surface area contributed by atoms with E-state index in [4.69, 9.17) is 0 Å². The maximum absolute atomic E-state index is 14.5.